The molecule has 7 heteroatoms. The molecular weight excluding hydrogens is 264 g/mol. The van der Waals surface area contributed by atoms with Crippen molar-refractivity contribution in [2.75, 3.05) is 53.7 Å². The lowest BCUT2D eigenvalue weighted by atomic mass is 10.0. The summed E-state index contributed by atoms with van der Waals surface area (Å²) in [7, 11) is 3.15. The molecule has 0 aromatic carbocycles. The van der Waals surface area contributed by atoms with Gasteiger partial charge in [0, 0.05) is 27.1 Å². The zero-order valence-corrected chi connectivity index (χ0v) is 12.2. The van der Waals surface area contributed by atoms with Gasteiger partial charge < -0.3 is 19.5 Å². The van der Waals surface area contributed by atoms with Crippen LogP contribution in [0.15, 0.2) is 0 Å². The summed E-state index contributed by atoms with van der Waals surface area (Å²) in [5.41, 5.74) is 0. The number of carbonyl (C=O) groups is 2. The monoisotopic (exact) mass is 288 g/mol. The predicted octanol–water partition coefficient (Wildman–Crippen LogP) is -0.597. The van der Waals surface area contributed by atoms with Gasteiger partial charge in [-0.05, 0) is 6.42 Å². The summed E-state index contributed by atoms with van der Waals surface area (Å²) >= 11 is 0. The third-order valence-corrected chi connectivity index (χ3v) is 3.09. The van der Waals surface area contributed by atoms with E-state index in [1.54, 1.807) is 7.11 Å². The van der Waals surface area contributed by atoms with Gasteiger partial charge in [-0.2, -0.15) is 0 Å². The summed E-state index contributed by atoms with van der Waals surface area (Å²) in [5, 5.41) is 3.10. The van der Waals surface area contributed by atoms with Gasteiger partial charge in [-0.15, -0.1) is 0 Å². The molecule has 0 bridgehead atoms. The average molecular weight is 288 g/mol. The highest BCUT2D eigenvalue weighted by Crippen LogP contribution is 2.10. The predicted molar refractivity (Wildman–Crippen MR) is 72.3 cm³/mol. The van der Waals surface area contributed by atoms with Crippen LogP contribution in [0, 0.1) is 0 Å². The average Bonchev–Trinajstić information content (AvgIpc) is 2.45. The third-order valence-electron chi connectivity index (χ3n) is 3.09. The minimum Gasteiger partial charge on any atom is -0.382 e. The molecule has 1 fully saturated rings. The Balaban J connectivity index is 1.99. The van der Waals surface area contributed by atoms with Gasteiger partial charge in [0.25, 0.3) is 0 Å². The zero-order valence-electron chi connectivity index (χ0n) is 12.2. The van der Waals surface area contributed by atoms with Crippen molar-refractivity contribution in [3.05, 3.63) is 0 Å². The Morgan fingerprint density at radius 1 is 1.15 bits per heavy atom. The van der Waals surface area contributed by atoms with Crippen molar-refractivity contribution in [3.8, 4) is 0 Å². The van der Waals surface area contributed by atoms with Crippen LogP contribution in [0.2, 0.25) is 0 Å². The number of nitrogens with zero attached hydrogens (tertiary/aromatic N) is 1. The minimum absolute atomic E-state index is 0.113. The number of nitrogens with one attached hydrogen (secondary N) is 1. The lowest BCUT2D eigenvalue weighted by molar-refractivity contribution is -0.148. The first-order valence-electron chi connectivity index (χ1n) is 6.85. The number of carbonyl (C=O) groups excluding carboxylic acids is 2. The molecule has 0 spiro atoms. The summed E-state index contributed by atoms with van der Waals surface area (Å²) in [6.45, 7) is 3.28. The Labute approximate surface area is 119 Å². The van der Waals surface area contributed by atoms with Crippen molar-refractivity contribution in [2.24, 2.45) is 0 Å². The quantitative estimate of drug-likeness (QED) is 0.427. The maximum atomic E-state index is 11.8. The number of amides is 2. The molecule has 20 heavy (non-hydrogen) atoms. The lowest BCUT2D eigenvalue weighted by Crippen LogP contribution is -2.52. The van der Waals surface area contributed by atoms with Crippen LogP contribution in [0.1, 0.15) is 12.8 Å². The molecule has 0 aromatic heterocycles. The topological polar surface area (TPSA) is 77.1 Å². The van der Waals surface area contributed by atoms with Crippen LogP contribution < -0.4 is 5.32 Å². The Bertz CT molecular complexity index is 311. The number of imide groups is 1. The standard InChI is InChI=1S/C13H24N2O5/c1-15-12(16)4-3-11(13(15)17)14-5-6-19-9-10-20-8-7-18-2/h11,14H,3-10H2,1-2H3. The molecular formula is C13H24N2O5. The molecule has 0 saturated carbocycles. The van der Waals surface area contributed by atoms with E-state index in [0.29, 0.717) is 52.4 Å². The van der Waals surface area contributed by atoms with E-state index in [-0.39, 0.29) is 17.9 Å². The molecule has 2 amide bonds. The number of likely N-dealkylation sites (N-methyl/N-ethyl adjacent to an activating group) is 1. The van der Waals surface area contributed by atoms with Crippen molar-refractivity contribution < 1.29 is 23.8 Å². The molecule has 7 nitrogen and oxygen atoms in total. The third kappa shape index (κ3) is 5.96. The molecule has 1 aliphatic rings. The van der Waals surface area contributed by atoms with Crippen molar-refractivity contribution in [1.29, 1.82) is 0 Å². The van der Waals surface area contributed by atoms with Gasteiger partial charge in [-0.1, -0.05) is 0 Å². The van der Waals surface area contributed by atoms with Crippen molar-refractivity contribution in [1.82, 2.24) is 10.2 Å². The Morgan fingerprint density at radius 2 is 1.80 bits per heavy atom. The molecule has 1 rings (SSSR count). The van der Waals surface area contributed by atoms with E-state index in [4.69, 9.17) is 14.2 Å². The fourth-order valence-electron chi connectivity index (χ4n) is 1.87. The molecule has 1 atom stereocenters. The summed E-state index contributed by atoms with van der Waals surface area (Å²) in [6.07, 6.45) is 0.968. The maximum absolute atomic E-state index is 11.8. The van der Waals surface area contributed by atoms with Crippen LogP contribution in [-0.2, 0) is 23.8 Å². The fourth-order valence-corrected chi connectivity index (χ4v) is 1.87. The van der Waals surface area contributed by atoms with Gasteiger partial charge in [-0.3, -0.25) is 14.5 Å². The molecule has 1 unspecified atom stereocenters. The van der Waals surface area contributed by atoms with Crippen molar-refractivity contribution in [3.63, 3.8) is 0 Å². The molecule has 0 aliphatic carbocycles. The van der Waals surface area contributed by atoms with Crippen LogP contribution in [0.4, 0.5) is 0 Å². The number of likely N-dealkylation sites (tertiary alicyclic amines) is 1. The zero-order chi connectivity index (χ0) is 14.8. The number of hydrogen-bond acceptors (Lipinski definition) is 6. The van der Waals surface area contributed by atoms with E-state index in [0.717, 1.165) is 0 Å². The van der Waals surface area contributed by atoms with Crippen molar-refractivity contribution in [2.45, 2.75) is 18.9 Å². The highest BCUT2D eigenvalue weighted by Gasteiger charge is 2.30. The first-order valence-corrected chi connectivity index (χ1v) is 6.85. The molecule has 1 saturated heterocycles. The molecule has 0 aromatic rings. The van der Waals surface area contributed by atoms with E-state index in [1.165, 1.54) is 11.9 Å². The first kappa shape index (κ1) is 17.0. The first-order chi connectivity index (χ1) is 9.66. The number of methoxy groups -OCH3 is 1. The SMILES string of the molecule is COCCOCCOCCNC1CCC(=O)N(C)C1=O. The van der Waals surface area contributed by atoms with Gasteiger partial charge in [0.2, 0.25) is 11.8 Å². The number of rotatable bonds is 10. The van der Waals surface area contributed by atoms with E-state index >= 15 is 0 Å². The van der Waals surface area contributed by atoms with E-state index in [1.807, 2.05) is 0 Å². The Hall–Kier alpha value is -1.02. The fraction of sp³-hybridized carbons (Fsp3) is 0.846. The second-order valence-corrected chi connectivity index (χ2v) is 4.55. The lowest BCUT2D eigenvalue weighted by Gasteiger charge is -2.28. The summed E-state index contributed by atoms with van der Waals surface area (Å²) in [4.78, 5) is 24.3. The Morgan fingerprint density at radius 3 is 2.50 bits per heavy atom. The van der Waals surface area contributed by atoms with E-state index in [2.05, 4.69) is 5.32 Å². The summed E-state index contributed by atoms with van der Waals surface area (Å²) in [5.74, 6) is -0.276. The van der Waals surface area contributed by atoms with Crippen LogP contribution in [0.5, 0.6) is 0 Å². The van der Waals surface area contributed by atoms with Gasteiger partial charge in [0.15, 0.2) is 0 Å². The number of piperidine rings is 1. The highest BCUT2D eigenvalue weighted by molar-refractivity contribution is 6.00. The molecule has 1 N–H and O–H groups in total. The summed E-state index contributed by atoms with van der Waals surface area (Å²) < 4.78 is 15.5. The molecule has 0 radical (unpaired) electrons. The van der Waals surface area contributed by atoms with Gasteiger partial charge in [-0.25, -0.2) is 0 Å². The highest BCUT2D eigenvalue weighted by atomic mass is 16.5. The van der Waals surface area contributed by atoms with E-state index < -0.39 is 0 Å². The van der Waals surface area contributed by atoms with Gasteiger partial charge in [0.1, 0.15) is 0 Å². The summed E-state index contributed by atoms with van der Waals surface area (Å²) in [6, 6.07) is -0.278. The van der Waals surface area contributed by atoms with E-state index in [9.17, 15) is 9.59 Å². The van der Waals surface area contributed by atoms with Gasteiger partial charge >= 0.3 is 0 Å². The van der Waals surface area contributed by atoms with Crippen LogP contribution in [0.25, 0.3) is 0 Å². The van der Waals surface area contributed by atoms with Crippen LogP contribution in [0.3, 0.4) is 0 Å². The smallest absolute Gasteiger partial charge is 0.246 e. The number of hydrogen-bond donors (Lipinski definition) is 1. The van der Waals surface area contributed by atoms with Crippen LogP contribution >= 0.6 is 0 Å². The minimum atomic E-state index is -0.278. The Kier molecular flexibility index (Phi) is 8.36. The second kappa shape index (κ2) is 9.82. The second-order valence-electron chi connectivity index (χ2n) is 4.55. The van der Waals surface area contributed by atoms with Crippen LogP contribution in [-0.4, -0.2) is 76.5 Å². The maximum Gasteiger partial charge on any atom is 0.246 e. The largest absolute Gasteiger partial charge is 0.382 e. The van der Waals surface area contributed by atoms with Gasteiger partial charge in [0.05, 0.1) is 39.1 Å². The normalized spacial score (nSPS) is 19.7. The van der Waals surface area contributed by atoms with Crippen molar-refractivity contribution >= 4 is 11.8 Å². The molecule has 1 aliphatic heterocycles. The molecule has 116 valence electrons. The number of ether oxygens (including phenoxy) is 3. The molecule has 1 heterocycles.